The lowest BCUT2D eigenvalue weighted by molar-refractivity contribution is -0.140. The number of nitrogens with one attached hydrogen (secondary N) is 2. The number of esters is 1. The van der Waals surface area contributed by atoms with Crippen LogP contribution in [-0.2, 0) is 20.7 Å². The summed E-state index contributed by atoms with van der Waals surface area (Å²) in [7, 11) is 0. The number of imide groups is 1. The summed E-state index contributed by atoms with van der Waals surface area (Å²) in [6, 6.07) is 15.7. The van der Waals surface area contributed by atoms with E-state index >= 15 is 0 Å². The van der Waals surface area contributed by atoms with Gasteiger partial charge in [-0.2, -0.15) is 5.01 Å². The molecule has 2 aromatic rings. The van der Waals surface area contributed by atoms with E-state index in [-0.39, 0.29) is 0 Å². The first-order chi connectivity index (χ1) is 14.3. The molecule has 0 spiro atoms. The van der Waals surface area contributed by atoms with Crippen LogP contribution in [0.25, 0.3) is 0 Å². The number of hydrogen-bond acceptors (Lipinski definition) is 5. The maximum absolute atomic E-state index is 12.7. The van der Waals surface area contributed by atoms with Crippen LogP contribution in [0.3, 0.4) is 0 Å². The molecule has 1 heterocycles. The van der Waals surface area contributed by atoms with E-state index in [1.807, 2.05) is 30.3 Å². The molecule has 2 aromatic carbocycles. The fourth-order valence-electron chi connectivity index (χ4n) is 3.16. The fraction of sp³-hybridized carbons (Fsp3) is 0.273. The third-order valence-corrected chi connectivity index (χ3v) is 4.95. The summed E-state index contributed by atoms with van der Waals surface area (Å²) in [5.41, 5.74) is 3.16. The third kappa shape index (κ3) is 4.65. The first-order valence-corrected chi connectivity index (χ1v) is 9.53. The van der Waals surface area contributed by atoms with Gasteiger partial charge in [-0.3, -0.25) is 15.0 Å². The first-order valence-electron chi connectivity index (χ1n) is 9.53. The predicted octanol–water partition coefficient (Wildman–Crippen LogP) is 2.13. The largest absolute Gasteiger partial charge is 0.452 e. The standard InChI is InChI=1S/C22H23N3O5/c1-15-8-6-7-11-17(15)19(27)30-14-18(26)24-25-20(28)22(2,23-21(25)29)13-12-16-9-4-3-5-10-16/h3-11H,12-14H2,1-2H3,(H,23,29)(H,24,26)/t22-/m0/s1. The van der Waals surface area contributed by atoms with Gasteiger partial charge in [0.25, 0.3) is 11.8 Å². The molecular weight excluding hydrogens is 386 g/mol. The minimum absolute atomic E-state index is 0.341. The lowest BCUT2D eigenvalue weighted by atomic mass is 9.93. The zero-order chi connectivity index (χ0) is 21.7. The van der Waals surface area contributed by atoms with Crippen LogP contribution in [-0.4, -0.2) is 41.0 Å². The van der Waals surface area contributed by atoms with Crippen molar-refractivity contribution >= 4 is 23.8 Å². The van der Waals surface area contributed by atoms with Gasteiger partial charge in [0, 0.05) is 0 Å². The Kier molecular flexibility index (Phi) is 6.15. The number of hydrazine groups is 1. The van der Waals surface area contributed by atoms with E-state index in [9.17, 15) is 19.2 Å². The Bertz CT molecular complexity index is 976. The summed E-state index contributed by atoms with van der Waals surface area (Å²) in [6.07, 6.45) is 0.954. The van der Waals surface area contributed by atoms with Crippen molar-refractivity contribution in [3.05, 3.63) is 71.3 Å². The van der Waals surface area contributed by atoms with Crippen LogP contribution in [0.5, 0.6) is 0 Å². The van der Waals surface area contributed by atoms with Gasteiger partial charge in [-0.15, -0.1) is 0 Å². The van der Waals surface area contributed by atoms with Crippen LogP contribution in [0.15, 0.2) is 54.6 Å². The maximum Gasteiger partial charge on any atom is 0.344 e. The molecule has 1 aliphatic heterocycles. The Morgan fingerprint density at radius 1 is 1.07 bits per heavy atom. The molecule has 0 unspecified atom stereocenters. The molecule has 0 aromatic heterocycles. The van der Waals surface area contributed by atoms with Gasteiger partial charge in [-0.25, -0.2) is 9.59 Å². The average molecular weight is 409 g/mol. The van der Waals surface area contributed by atoms with E-state index in [0.29, 0.717) is 29.0 Å². The van der Waals surface area contributed by atoms with Gasteiger partial charge in [-0.05, 0) is 43.9 Å². The highest BCUT2D eigenvalue weighted by molar-refractivity contribution is 6.07. The molecule has 156 valence electrons. The monoisotopic (exact) mass is 409 g/mol. The van der Waals surface area contributed by atoms with Crippen molar-refractivity contribution in [1.82, 2.24) is 15.8 Å². The Morgan fingerprint density at radius 3 is 2.43 bits per heavy atom. The third-order valence-electron chi connectivity index (χ3n) is 4.95. The second kappa shape index (κ2) is 8.77. The van der Waals surface area contributed by atoms with Crippen molar-refractivity contribution in [3.63, 3.8) is 0 Å². The number of benzene rings is 2. The van der Waals surface area contributed by atoms with Crippen LogP contribution in [0.1, 0.15) is 34.8 Å². The summed E-state index contributed by atoms with van der Waals surface area (Å²) in [5, 5.41) is 3.25. The Morgan fingerprint density at radius 2 is 1.73 bits per heavy atom. The number of hydrogen-bond donors (Lipinski definition) is 2. The summed E-state index contributed by atoms with van der Waals surface area (Å²) in [5.74, 6) is -2.01. The van der Waals surface area contributed by atoms with Gasteiger partial charge in [0.2, 0.25) is 0 Å². The van der Waals surface area contributed by atoms with Crippen molar-refractivity contribution in [3.8, 4) is 0 Å². The number of urea groups is 1. The van der Waals surface area contributed by atoms with E-state index in [4.69, 9.17) is 4.74 Å². The molecule has 0 radical (unpaired) electrons. The molecule has 0 bridgehead atoms. The van der Waals surface area contributed by atoms with Crippen LogP contribution in [0, 0.1) is 6.92 Å². The first kappa shape index (κ1) is 21.0. The smallest absolute Gasteiger partial charge is 0.344 e. The van der Waals surface area contributed by atoms with Crippen LogP contribution in [0.2, 0.25) is 0 Å². The van der Waals surface area contributed by atoms with Crippen molar-refractivity contribution < 1.29 is 23.9 Å². The van der Waals surface area contributed by atoms with Crippen molar-refractivity contribution in [2.24, 2.45) is 0 Å². The molecule has 3 rings (SSSR count). The van der Waals surface area contributed by atoms with Gasteiger partial charge in [0.15, 0.2) is 6.61 Å². The van der Waals surface area contributed by atoms with Crippen molar-refractivity contribution in [2.45, 2.75) is 32.2 Å². The van der Waals surface area contributed by atoms with E-state index in [1.54, 1.807) is 38.1 Å². The molecule has 8 heteroatoms. The molecule has 1 aliphatic rings. The number of aryl methyl sites for hydroxylation is 2. The Labute approximate surface area is 174 Å². The van der Waals surface area contributed by atoms with E-state index in [2.05, 4.69) is 10.7 Å². The Hall–Kier alpha value is -3.68. The number of ether oxygens (including phenoxy) is 1. The van der Waals surface area contributed by atoms with Crippen LogP contribution < -0.4 is 10.7 Å². The van der Waals surface area contributed by atoms with E-state index < -0.39 is 36.0 Å². The zero-order valence-electron chi connectivity index (χ0n) is 16.8. The highest BCUT2D eigenvalue weighted by Crippen LogP contribution is 2.22. The molecular formula is C22H23N3O5. The van der Waals surface area contributed by atoms with E-state index in [1.165, 1.54) is 0 Å². The zero-order valence-corrected chi connectivity index (χ0v) is 16.8. The number of carbonyl (C=O) groups excluding carboxylic acids is 4. The van der Waals surface area contributed by atoms with Crippen molar-refractivity contribution in [2.75, 3.05) is 6.61 Å². The highest BCUT2D eigenvalue weighted by Gasteiger charge is 2.48. The molecule has 1 fully saturated rings. The molecule has 2 N–H and O–H groups in total. The number of amides is 4. The summed E-state index contributed by atoms with van der Waals surface area (Å²) in [6.45, 7) is 2.74. The molecule has 1 saturated heterocycles. The van der Waals surface area contributed by atoms with Crippen molar-refractivity contribution in [1.29, 1.82) is 0 Å². The van der Waals surface area contributed by atoms with E-state index in [0.717, 1.165) is 5.56 Å². The number of rotatable bonds is 7. The average Bonchev–Trinajstić information content (AvgIpc) is 2.95. The molecule has 8 nitrogen and oxygen atoms in total. The van der Waals surface area contributed by atoms with Gasteiger partial charge >= 0.3 is 12.0 Å². The van der Waals surface area contributed by atoms with Gasteiger partial charge in [-0.1, -0.05) is 48.5 Å². The summed E-state index contributed by atoms with van der Waals surface area (Å²) < 4.78 is 4.99. The second-order valence-electron chi connectivity index (χ2n) is 7.31. The molecule has 30 heavy (non-hydrogen) atoms. The van der Waals surface area contributed by atoms with Crippen LogP contribution >= 0.6 is 0 Å². The normalized spacial score (nSPS) is 18.1. The molecule has 1 atom stereocenters. The topological polar surface area (TPSA) is 105 Å². The molecule has 4 amide bonds. The summed E-state index contributed by atoms with van der Waals surface area (Å²) >= 11 is 0. The summed E-state index contributed by atoms with van der Waals surface area (Å²) in [4.78, 5) is 49.2. The number of nitrogens with zero attached hydrogens (tertiary/aromatic N) is 1. The Balaban J connectivity index is 1.55. The quantitative estimate of drug-likeness (QED) is 0.538. The SMILES string of the molecule is Cc1ccccc1C(=O)OCC(=O)NN1C(=O)N[C@@](C)(CCc2ccccc2)C1=O. The van der Waals surface area contributed by atoms with Gasteiger partial charge in [0.1, 0.15) is 5.54 Å². The molecule has 0 aliphatic carbocycles. The fourth-order valence-corrected chi connectivity index (χ4v) is 3.16. The second-order valence-corrected chi connectivity index (χ2v) is 7.31. The number of carbonyl (C=O) groups is 4. The minimum atomic E-state index is -1.14. The highest BCUT2D eigenvalue weighted by atomic mass is 16.5. The lowest BCUT2D eigenvalue weighted by Crippen LogP contribution is -2.50. The lowest BCUT2D eigenvalue weighted by Gasteiger charge is -2.21. The minimum Gasteiger partial charge on any atom is -0.452 e. The predicted molar refractivity (Wildman–Crippen MR) is 108 cm³/mol. The van der Waals surface area contributed by atoms with Gasteiger partial charge in [0.05, 0.1) is 5.56 Å². The molecule has 0 saturated carbocycles. The van der Waals surface area contributed by atoms with Crippen LogP contribution in [0.4, 0.5) is 4.79 Å². The maximum atomic E-state index is 12.7. The van der Waals surface area contributed by atoms with Gasteiger partial charge < -0.3 is 10.1 Å².